The van der Waals surface area contributed by atoms with Gasteiger partial charge in [-0.1, -0.05) is 6.92 Å². The summed E-state index contributed by atoms with van der Waals surface area (Å²) in [4.78, 5) is 0. The highest BCUT2D eigenvalue weighted by atomic mass is 16.5. The quantitative estimate of drug-likeness (QED) is 0.659. The van der Waals surface area contributed by atoms with Crippen LogP contribution in [-0.2, 0) is 9.47 Å². The number of hydrogen-bond acceptors (Lipinski definition) is 3. The third-order valence-corrected chi connectivity index (χ3v) is 2.42. The van der Waals surface area contributed by atoms with Gasteiger partial charge in [-0.05, 0) is 19.3 Å². The van der Waals surface area contributed by atoms with Crippen LogP contribution in [0.2, 0.25) is 0 Å². The maximum atomic E-state index is 9.59. The van der Waals surface area contributed by atoms with Crippen LogP contribution in [0.1, 0.15) is 26.2 Å². The first kappa shape index (κ1) is 11.0. The molecule has 0 aromatic rings. The van der Waals surface area contributed by atoms with E-state index in [1.807, 2.05) is 0 Å². The fraction of sp³-hybridized carbons (Fsp3) is 1.00. The van der Waals surface area contributed by atoms with Gasteiger partial charge < -0.3 is 14.6 Å². The topological polar surface area (TPSA) is 38.7 Å². The third-order valence-electron chi connectivity index (χ3n) is 2.42. The zero-order chi connectivity index (χ0) is 9.52. The minimum atomic E-state index is -0.182. The minimum absolute atomic E-state index is 0.182. The number of rotatable bonds is 5. The van der Waals surface area contributed by atoms with Crippen LogP contribution in [0, 0.1) is 5.92 Å². The smallest absolute Gasteiger partial charge is 0.0613 e. The Balaban J connectivity index is 2.05. The summed E-state index contributed by atoms with van der Waals surface area (Å²) in [5.41, 5.74) is 0. The summed E-state index contributed by atoms with van der Waals surface area (Å²) >= 11 is 0. The minimum Gasteiger partial charge on any atom is -0.393 e. The van der Waals surface area contributed by atoms with Crippen molar-refractivity contribution >= 4 is 0 Å². The number of aliphatic hydroxyl groups excluding tert-OH is 1. The number of aliphatic hydroxyl groups is 1. The molecule has 0 aromatic heterocycles. The van der Waals surface area contributed by atoms with Crippen molar-refractivity contribution in [1.82, 2.24) is 0 Å². The van der Waals surface area contributed by atoms with Crippen LogP contribution in [0.15, 0.2) is 0 Å². The first-order valence-electron chi connectivity index (χ1n) is 5.18. The van der Waals surface area contributed by atoms with Crippen molar-refractivity contribution in [2.24, 2.45) is 5.92 Å². The van der Waals surface area contributed by atoms with Crippen molar-refractivity contribution < 1.29 is 14.6 Å². The standard InChI is InChI=1S/C10H20O3/c1-2-5-12-6-3-9-8-13-7-4-10(9)11/h9-11H,2-8H2,1H3. The summed E-state index contributed by atoms with van der Waals surface area (Å²) in [5, 5.41) is 9.59. The van der Waals surface area contributed by atoms with E-state index in [0.29, 0.717) is 13.2 Å². The van der Waals surface area contributed by atoms with E-state index in [4.69, 9.17) is 9.47 Å². The van der Waals surface area contributed by atoms with E-state index >= 15 is 0 Å². The largest absolute Gasteiger partial charge is 0.393 e. The van der Waals surface area contributed by atoms with Crippen molar-refractivity contribution in [2.45, 2.75) is 32.3 Å². The molecule has 2 unspecified atom stereocenters. The van der Waals surface area contributed by atoms with Crippen LogP contribution >= 0.6 is 0 Å². The molecule has 78 valence electrons. The van der Waals surface area contributed by atoms with E-state index < -0.39 is 0 Å². The molecule has 0 spiro atoms. The van der Waals surface area contributed by atoms with Crippen LogP contribution in [0.4, 0.5) is 0 Å². The molecule has 3 heteroatoms. The number of hydrogen-bond donors (Lipinski definition) is 1. The third kappa shape index (κ3) is 4.07. The number of ether oxygens (including phenoxy) is 2. The van der Waals surface area contributed by atoms with E-state index in [1.165, 1.54) is 0 Å². The SMILES string of the molecule is CCCOCCC1COCCC1O. The van der Waals surface area contributed by atoms with Gasteiger partial charge in [0.05, 0.1) is 12.7 Å². The van der Waals surface area contributed by atoms with Gasteiger partial charge in [0.15, 0.2) is 0 Å². The molecule has 13 heavy (non-hydrogen) atoms. The summed E-state index contributed by atoms with van der Waals surface area (Å²) in [6.45, 7) is 5.06. The van der Waals surface area contributed by atoms with E-state index in [9.17, 15) is 5.11 Å². The van der Waals surface area contributed by atoms with Crippen molar-refractivity contribution in [1.29, 1.82) is 0 Å². The Morgan fingerprint density at radius 3 is 3.00 bits per heavy atom. The van der Waals surface area contributed by atoms with Gasteiger partial charge in [-0.15, -0.1) is 0 Å². The van der Waals surface area contributed by atoms with Crippen LogP contribution in [-0.4, -0.2) is 37.6 Å². The van der Waals surface area contributed by atoms with E-state index in [-0.39, 0.29) is 12.0 Å². The molecule has 1 aliphatic heterocycles. The molecule has 1 heterocycles. The molecule has 1 aliphatic rings. The predicted octanol–water partition coefficient (Wildman–Crippen LogP) is 1.20. The fourth-order valence-corrected chi connectivity index (χ4v) is 1.54. The molecular weight excluding hydrogens is 168 g/mol. The Hall–Kier alpha value is -0.120. The Morgan fingerprint density at radius 2 is 2.31 bits per heavy atom. The van der Waals surface area contributed by atoms with Gasteiger partial charge in [0.1, 0.15) is 0 Å². The average molecular weight is 188 g/mol. The Morgan fingerprint density at radius 1 is 1.46 bits per heavy atom. The molecule has 0 aliphatic carbocycles. The Labute approximate surface area is 80.0 Å². The summed E-state index contributed by atoms with van der Waals surface area (Å²) in [7, 11) is 0. The highest BCUT2D eigenvalue weighted by molar-refractivity contribution is 4.72. The van der Waals surface area contributed by atoms with Gasteiger partial charge in [0.25, 0.3) is 0 Å². The Bertz CT molecular complexity index is 127. The van der Waals surface area contributed by atoms with Crippen LogP contribution in [0.5, 0.6) is 0 Å². The second kappa shape index (κ2) is 6.35. The van der Waals surface area contributed by atoms with Gasteiger partial charge in [0, 0.05) is 25.7 Å². The first-order chi connectivity index (χ1) is 6.34. The summed E-state index contributed by atoms with van der Waals surface area (Å²) < 4.78 is 10.7. The lowest BCUT2D eigenvalue weighted by Gasteiger charge is -2.27. The molecule has 0 saturated carbocycles. The van der Waals surface area contributed by atoms with Gasteiger partial charge >= 0.3 is 0 Å². The molecule has 1 saturated heterocycles. The maximum Gasteiger partial charge on any atom is 0.0613 e. The lowest BCUT2D eigenvalue weighted by Crippen LogP contribution is -2.32. The molecule has 1 N–H and O–H groups in total. The molecule has 0 aromatic carbocycles. The molecule has 0 bridgehead atoms. The summed E-state index contributed by atoms with van der Waals surface area (Å²) in [5.74, 6) is 0.283. The highest BCUT2D eigenvalue weighted by Gasteiger charge is 2.22. The predicted molar refractivity (Wildman–Crippen MR) is 50.7 cm³/mol. The normalized spacial score (nSPS) is 29.1. The van der Waals surface area contributed by atoms with Crippen LogP contribution in [0.25, 0.3) is 0 Å². The van der Waals surface area contributed by atoms with Gasteiger partial charge in [-0.3, -0.25) is 0 Å². The first-order valence-corrected chi connectivity index (χ1v) is 5.18. The molecule has 3 nitrogen and oxygen atoms in total. The second-order valence-electron chi connectivity index (χ2n) is 3.59. The zero-order valence-electron chi connectivity index (χ0n) is 8.37. The highest BCUT2D eigenvalue weighted by Crippen LogP contribution is 2.17. The van der Waals surface area contributed by atoms with Crippen molar-refractivity contribution in [3.8, 4) is 0 Å². The second-order valence-corrected chi connectivity index (χ2v) is 3.59. The van der Waals surface area contributed by atoms with E-state index in [1.54, 1.807) is 0 Å². The Kier molecular flexibility index (Phi) is 5.35. The average Bonchev–Trinajstić information content (AvgIpc) is 2.15. The maximum absolute atomic E-state index is 9.59. The molecule has 1 fully saturated rings. The fourth-order valence-electron chi connectivity index (χ4n) is 1.54. The molecule has 2 atom stereocenters. The van der Waals surface area contributed by atoms with Crippen molar-refractivity contribution in [3.05, 3.63) is 0 Å². The van der Waals surface area contributed by atoms with Gasteiger partial charge in [-0.25, -0.2) is 0 Å². The summed E-state index contributed by atoms with van der Waals surface area (Å²) in [6, 6.07) is 0. The van der Waals surface area contributed by atoms with Gasteiger partial charge in [0.2, 0.25) is 0 Å². The molecule has 0 amide bonds. The summed E-state index contributed by atoms with van der Waals surface area (Å²) in [6.07, 6.45) is 2.57. The molecule has 1 rings (SSSR count). The van der Waals surface area contributed by atoms with Crippen molar-refractivity contribution in [2.75, 3.05) is 26.4 Å². The molecular formula is C10H20O3. The van der Waals surface area contributed by atoms with E-state index in [2.05, 4.69) is 6.92 Å². The zero-order valence-corrected chi connectivity index (χ0v) is 8.37. The lowest BCUT2D eigenvalue weighted by atomic mass is 9.96. The lowest BCUT2D eigenvalue weighted by molar-refractivity contribution is -0.0468. The monoisotopic (exact) mass is 188 g/mol. The van der Waals surface area contributed by atoms with Crippen LogP contribution in [0.3, 0.4) is 0 Å². The van der Waals surface area contributed by atoms with E-state index in [0.717, 1.165) is 32.5 Å². The molecule has 0 radical (unpaired) electrons. The van der Waals surface area contributed by atoms with Crippen molar-refractivity contribution in [3.63, 3.8) is 0 Å². The van der Waals surface area contributed by atoms with Gasteiger partial charge in [-0.2, -0.15) is 0 Å². The van der Waals surface area contributed by atoms with Crippen LogP contribution < -0.4 is 0 Å².